The Morgan fingerprint density at radius 3 is 2.61 bits per heavy atom. The first-order chi connectivity index (χ1) is 8.58. The van der Waals surface area contributed by atoms with E-state index in [9.17, 15) is 0 Å². The van der Waals surface area contributed by atoms with E-state index in [2.05, 4.69) is 31.3 Å². The predicted octanol–water partition coefficient (Wildman–Crippen LogP) is 3.60. The molecule has 1 rings (SSSR count). The van der Waals surface area contributed by atoms with E-state index >= 15 is 0 Å². The maximum Gasteiger partial charge on any atom is 0.122 e. The molecule has 0 aliphatic carbocycles. The zero-order valence-electron chi connectivity index (χ0n) is 11.7. The van der Waals surface area contributed by atoms with Crippen LogP contribution in [0.2, 0.25) is 0 Å². The van der Waals surface area contributed by atoms with E-state index in [0.29, 0.717) is 19.1 Å². The second-order valence-corrected chi connectivity index (χ2v) is 4.77. The second-order valence-electron chi connectivity index (χ2n) is 4.77. The molecule has 1 aromatic carbocycles. The van der Waals surface area contributed by atoms with E-state index in [1.54, 1.807) is 0 Å². The van der Waals surface area contributed by atoms with Gasteiger partial charge < -0.3 is 10.1 Å². The van der Waals surface area contributed by atoms with Gasteiger partial charge in [0.1, 0.15) is 5.75 Å². The van der Waals surface area contributed by atoms with Crippen LogP contribution in [0.4, 0.5) is 5.69 Å². The van der Waals surface area contributed by atoms with Gasteiger partial charge in [0.05, 0.1) is 18.6 Å². The van der Waals surface area contributed by atoms with Crippen LogP contribution in [-0.2, 0) is 0 Å². The fraction of sp³-hybridized carbons (Fsp3) is 0.533. The monoisotopic (exact) mass is 246 g/mol. The Bertz CT molecular complexity index is 421. The summed E-state index contributed by atoms with van der Waals surface area (Å²) in [5.41, 5.74) is 2.15. The molecule has 1 atom stereocenters. The summed E-state index contributed by atoms with van der Waals surface area (Å²) in [5, 5.41) is 12.3. The van der Waals surface area contributed by atoms with Crippen molar-refractivity contribution >= 4 is 5.69 Å². The number of benzene rings is 1. The molecule has 0 fully saturated rings. The van der Waals surface area contributed by atoms with Crippen molar-refractivity contribution in [2.75, 3.05) is 18.5 Å². The van der Waals surface area contributed by atoms with Crippen molar-refractivity contribution in [1.29, 1.82) is 5.26 Å². The first kappa shape index (κ1) is 14.4. The molecular weight excluding hydrogens is 224 g/mol. The third-order valence-electron chi connectivity index (χ3n) is 2.97. The lowest BCUT2D eigenvalue weighted by molar-refractivity contribution is 0.338. The molecule has 0 heterocycles. The van der Waals surface area contributed by atoms with Crippen molar-refractivity contribution in [1.82, 2.24) is 0 Å². The van der Waals surface area contributed by atoms with Gasteiger partial charge in [0.2, 0.25) is 0 Å². The van der Waals surface area contributed by atoms with Gasteiger partial charge in [-0.15, -0.1) is 0 Å². The van der Waals surface area contributed by atoms with Gasteiger partial charge in [0.15, 0.2) is 0 Å². The van der Waals surface area contributed by atoms with Gasteiger partial charge in [-0.05, 0) is 43.5 Å². The molecule has 98 valence electrons. The van der Waals surface area contributed by atoms with Crippen LogP contribution in [0.25, 0.3) is 0 Å². The predicted molar refractivity (Wildman–Crippen MR) is 74.8 cm³/mol. The van der Waals surface area contributed by atoms with Crippen LogP contribution in [0, 0.1) is 30.1 Å². The third kappa shape index (κ3) is 3.96. The second kappa shape index (κ2) is 6.90. The zero-order chi connectivity index (χ0) is 13.5. The van der Waals surface area contributed by atoms with Gasteiger partial charge in [-0.1, -0.05) is 13.8 Å². The fourth-order valence-corrected chi connectivity index (χ4v) is 1.74. The average molecular weight is 246 g/mol. The Morgan fingerprint density at radius 2 is 2.11 bits per heavy atom. The van der Waals surface area contributed by atoms with Crippen LogP contribution in [0.15, 0.2) is 18.2 Å². The van der Waals surface area contributed by atoms with Crippen LogP contribution < -0.4 is 10.1 Å². The normalized spacial score (nSPS) is 12.0. The Hall–Kier alpha value is -1.69. The molecule has 0 aromatic heterocycles. The number of anilines is 1. The summed E-state index contributed by atoms with van der Waals surface area (Å²) >= 11 is 0. The Balaban J connectivity index is 2.64. The molecule has 0 saturated carbocycles. The molecule has 18 heavy (non-hydrogen) atoms. The van der Waals surface area contributed by atoms with E-state index in [-0.39, 0.29) is 5.92 Å². The molecular formula is C15H22N2O. The molecule has 3 heteroatoms. The highest BCUT2D eigenvalue weighted by molar-refractivity contribution is 5.50. The molecule has 3 nitrogen and oxygen atoms in total. The van der Waals surface area contributed by atoms with Gasteiger partial charge in [-0.3, -0.25) is 0 Å². The maximum atomic E-state index is 9.03. The van der Waals surface area contributed by atoms with E-state index in [0.717, 1.165) is 17.0 Å². The Kier molecular flexibility index (Phi) is 5.51. The maximum absolute atomic E-state index is 9.03. The van der Waals surface area contributed by atoms with Gasteiger partial charge in [0, 0.05) is 12.2 Å². The van der Waals surface area contributed by atoms with Crippen LogP contribution in [-0.4, -0.2) is 13.2 Å². The summed E-state index contributed by atoms with van der Waals surface area (Å²) in [6.07, 6.45) is 0. The molecule has 0 aliphatic rings. The highest BCUT2D eigenvalue weighted by Crippen LogP contribution is 2.22. The summed E-state index contributed by atoms with van der Waals surface area (Å²) in [6.45, 7) is 9.50. The average Bonchev–Trinajstić information content (AvgIpc) is 2.33. The largest absolute Gasteiger partial charge is 0.494 e. The minimum atomic E-state index is 0.0388. The quantitative estimate of drug-likeness (QED) is 0.834. The van der Waals surface area contributed by atoms with E-state index in [1.807, 2.05) is 26.0 Å². The minimum Gasteiger partial charge on any atom is -0.494 e. The van der Waals surface area contributed by atoms with E-state index in [4.69, 9.17) is 10.00 Å². The Morgan fingerprint density at radius 1 is 1.39 bits per heavy atom. The van der Waals surface area contributed by atoms with Crippen LogP contribution in [0.1, 0.15) is 26.3 Å². The van der Waals surface area contributed by atoms with Gasteiger partial charge in [-0.2, -0.15) is 5.26 Å². The van der Waals surface area contributed by atoms with Crippen LogP contribution in [0.5, 0.6) is 5.75 Å². The SMILES string of the molecule is CCOc1ccc(NCC(C#N)C(C)C)cc1C. The van der Waals surface area contributed by atoms with E-state index in [1.165, 1.54) is 0 Å². The fourth-order valence-electron chi connectivity index (χ4n) is 1.74. The van der Waals surface area contributed by atoms with Crippen molar-refractivity contribution in [2.24, 2.45) is 11.8 Å². The number of ether oxygens (including phenoxy) is 1. The van der Waals surface area contributed by atoms with Gasteiger partial charge in [0.25, 0.3) is 0 Å². The van der Waals surface area contributed by atoms with Crippen molar-refractivity contribution in [3.8, 4) is 11.8 Å². The zero-order valence-corrected chi connectivity index (χ0v) is 11.7. The summed E-state index contributed by atoms with van der Waals surface area (Å²) in [7, 11) is 0. The topological polar surface area (TPSA) is 45.0 Å². The summed E-state index contributed by atoms with van der Waals surface area (Å²) in [6, 6.07) is 8.35. The van der Waals surface area contributed by atoms with Crippen LogP contribution in [0.3, 0.4) is 0 Å². The number of nitrogens with one attached hydrogen (secondary N) is 1. The number of aryl methyl sites for hydroxylation is 1. The Labute approximate surface area is 110 Å². The molecule has 0 spiro atoms. The van der Waals surface area contributed by atoms with Crippen molar-refractivity contribution in [2.45, 2.75) is 27.7 Å². The van der Waals surface area contributed by atoms with Crippen molar-refractivity contribution < 1.29 is 4.74 Å². The number of hydrogen-bond acceptors (Lipinski definition) is 3. The molecule has 0 amide bonds. The minimum absolute atomic E-state index is 0.0388. The highest BCUT2D eigenvalue weighted by atomic mass is 16.5. The lowest BCUT2D eigenvalue weighted by atomic mass is 9.97. The molecule has 1 N–H and O–H groups in total. The van der Waals surface area contributed by atoms with Gasteiger partial charge in [-0.25, -0.2) is 0 Å². The van der Waals surface area contributed by atoms with Crippen molar-refractivity contribution in [3.63, 3.8) is 0 Å². The molecule has 0 radical (unpaired) electrons. The summed E-state index contributed by atoms with van der Waals surface area (Å²) in [4.78, 5) is 0. The summed E-state index contributed by atoms with van der Waals surface area (Å²) < 4.78 is 5.50. The van der Waals surface area contributed by atoms with Gasteiger partial charge >= 0.3 is 0 Å². The first-order valence-corrected chi connectivity index (χ1v) is 6.45. The highest BCUT2D eigenvalue weighted by Gasteiger charge is 2.11. The van der Waals surface area contributed by atoms with E-state index < -0.39 is 0 Å². The number of rotatable bonds is 6. The summed E-state index contributed by atoms with van der Waals surface area (Å²) in [5.74, 6) is 1.33. The lowest BCUT2D eigenvalue weighted by Crippen LogP contribution is -2.17. The standard InChI is InChI=1S/C15H22N2O/c1-5-18-15-7-6-14(8-12(15)4)17-10-13(9-16)11(2)3/h6-8,11,13,17H,5,10H2,1-4H3. The molecule has 1 aromatic rings. The molecule has 1 unspecified atom stereocenters. The first-order valence-electron chi connectivity index (χ1n) is 6.45. The lowest BCUT2D eigenvalue weighted by Gasteiger charge is -2.15. The van der Waals surface area contributed by atoms with Crippen LogP contribution >= 0.6 is 0 Å². The third-order valence-corrected chi connectivity index (χ3v) is 2.97. The molecule has 0 bridgehead atoms. The molecule has 0 saturated heterocycles. The van der Waals surface area contributed by atoms with Crippen molar-refractivity contribution in [3.05, 3.63) is 23.8 Å². The number of nitrogens with zero attached hydrogens (tertiary/aromatic N) is 1. The smallest absolute Gasteiger partial charge is 0.122 e. The number of nitriles is 1. The number of hydrogen-bond donors (Lipinski definition) is 1. The molecule has 0 aliphatic heterocycles.